The molecule has 0 aliphatic carbocycles. The number of nitrogens with zero attached hydrogens (tertiary/aromatic N) is 1. The van der Waals surface area contributed by atoms with Crippen LogP contribution in [0.1, 0.15) is 18.2 Å². The van der Waals surface area contributed by atoms with E-state index < -0.39 is 0 Å². The fourth-order valence-corrected chi connectivity index (χ4v) is 3.05. The van der Waals surface area contributed by atoms with E-state index in [0.717, 1.165) is 4.88 Å². The predicted octanol–water partition coefficient (Wildman–Crippen LogP) is 1.89. The van der Waals surface area contributed by atoms with Crippen molar-refractivity contribution in [3.05, 3.63) is 21.3 Å². The van der Waals surface area contributed by atoms with Crippen LogP contribution in [0.2, 0.25) is 4.34 Å². The van der Waals surface area contributed by atoms with Crippen molar-refractivity contribution >= 4 is 34.8 Å². The van der Waals surface area contributed by atoms with Crippen molar-refractivity contribution < 1.29 is 9.59 Å². The molecule has 0 radical (unpaired) electrons. The molecule has 0 aromatic carbocycles. The highest BCUT2D eigenvalue weighted by atomic mass is 35.5. The van der Waals surface area contributed by atoms with Gasteiger partial charge in [-0.15, -0.1) is 11.3 Å². The molecule has 6 heteroatoms. The molecule has 0 spiro atoms. The topological polar surface area (TPSA) is 49.4 Å². The van der Waals surface area contributed by atoms with Gasteiger partial charge in [-0.3, -0.25) is 9.59 Å². The molecule has 1 aromatic rings. The first kappa shape index (κ1) is 13.4. The van der Waals surface area contributed by atoms with Crippen LogP contribution in [-0.4, -0.2) is 29.8 Å². The first-order chi connectivity index (χ1) is 8.60. The standard InChI is InChI=1S/C12H15ClN2O2S/c1-2-15-7-8(5-11(15)16)12(17)14-6-9-3-4-10(13)18-9/h3-4,8H,2,5-7H2,1H3,(H,14,17)/t8-/m1/s1. The van der Waals surface area contributed by atoms with Crippen LogP contribution >= 0.6 is 22.9 Å². The second kappa shape index (κ2) is 5.71. The fourth-order valence-electron chi connectivity index (χ4n) is 2.02. The number of rotatable bonds is 4. The summed E-state index contributed by atoms with van der Waals surface area (Å²) in [6.07, 6.45) is 0.324. The minimum atomic E-state index is -0.215. The number of carbonyl (C=O) groups excluding carboxylic acids is 2. The molecule has 0 unspecified atom stereocenters. The third-order valence-electron chi connectivity index (χ3n) is 3.03. The van der Waals surface area contributed by atoms with Crippen LogP contribution in [0.15, 0.2) is 12.1 Å². The van der Waals surface area contributed by atoms with E-state index in [2.05, 4.69) is 5.32 Å². The number of thiophene rings is 1. The number of hydrogen-bond acceptors (Lipinski definition) is 3. The lowest BCUT2D eigenvalue weighted by Gasteiger charge is -2.13. The molecule has 2 amide bonds. The summed E-state index contributed by atoms with van der Waals surface area (Å²) < 4.78 is 0.715. The number of halogens is 1. The quantitative estimate of drug-likeness (QED) is 0.919. The van der Waals surface area contributed by atoms with Gasteiger partial charge in [-0.1, -0.05) is 11.6 Å². The Labute approximate surface area is 115 Å². The summed E-state index contributed by atoms with van der Waals surface area (Å²) in [5.74, 6) is -0.200. The van der Waals surface area contributed by atoms with Crippen molar-refractivity contribution in [3.8, 4) is 0 Å². The van der Waals surface area contributed by atoms with E-state index in [9.17, 15) is 9.59 Å². The summed E-state index contributed by atoms with van der Waals surface area (Å²) in [5, 5.41) is 2.85. The van der Waals surface area contributed by atoms with Crippen molar-refractivity contribution in [1.82, 2.24) is 10.2 Å². The SMILES string of the molecule is CCN1C[C@H](C(=O)NCc2ccc(Cl)s2)CC1=O. The smallest absolute Gasteiger partial charge is 0.225 e. The lowest BCUT2D eigenvalue weighted by Crippen LogP contribution is -2.32. The lowest BCUT2D eigenvalue weighted by molar-refractivity contribution is -0.128. The van der Waals surface area contributed by atoms with Gasteiger partial charge in [0, 0.05) is 24.4 Å². The molecule has 1 atom stereocenters. The van der Waals surface area contributed by atoms with Crippen LogP contribution in [0.5, 0.6) is 0 Å². The van der Waals surface area contributed by atoms with Crippen molar-refractivity contribution in [2.45, 2.75) is 19.9 Å². The zero-order valence-corrected chi connectivity index (χ0v) is 11.7. The van der Waals surface area contributed by atoms with Gasteiger partial charge in [0.25, 0.3) is 0 Å². The molecule has 1 saturated heterocycles. The maximum Gasteiger partial charge on any atom is 0.225 e. The Kier molecular flexibility index (Phi) is 4.24. The highest BCUT2D eigenvalue weighted by Gasteiger charge is 2.33. The molecule has 1 aromatic heterocycles. The summed E-state index contributed by atoms with van der Waals surface area (Å²) in [7, 11) is 0. The number of nitrogens with one attached hydrogen (secondary N) is 1. The summed E-state index contributed by atoms with van der Waals surface area (Å²) >= 11 is 7.27. The monoisotopic (exact) mass is 286 g/mol. The fraction of sp³-hybridized carbons (Fsp3) is 0.500. The highest BCUT2D eigenvalue weighted by Crippen LogP contribution is 2.22. The minimum Gasteiger partial charge on any atom is -0.351 e. The summed E-state index contributed by atoms with van der Waals surface area (Å²) in [5.41, 5.74) is 0. The van der Waals surface area contributed by atoms with Crippen molar-refractivity contribution in [1.29, 1.82) is 0 Å². The molecular formula is C12H15ClN2O2S. The number of amides is 2. The molecule has 2 rings (SSSR count). The van der Waals surface area contributed by atoms with E-state index >= 15 is 0 Å². The maximum atomic E-state index is 11.9. The van der Waals surface area contributed by atoms with Crippen LogP contribution in [0.4, 0.5) is 0 Å². The summed E-state index contributed by atoms with van der Waals surface area (Å²) in [6.45, 7) is 3.61. The maximum absolute atomic E-state index is 11.9. The average molecular weight is 287 g/mol. The van der Waals surface area contributed by atoms with Gasteiger partial charge in [-0.25, -0.2) is 0 Å². The number of likely N-dealkylation sites (tertiary alicyclic amines) is 1. The molecule has 18 heavy (non-hydrogen) atoms. The predicted molar refractivity (Wildman–Crippen MR) is 71.5 cm³/mol. The van der Waals surface area contributed by atoms with Crippen molar-refractivity contribution in [2.24, 2.45) is 5.92 Å². The second-order valence-electron chi connectivity index (χ2n) is 4.26. The zero-order chi connectivity index (χ0) is 13.1. The van der Waals surface area contributed by atoms with E-state index in [-0.39, 0.29) is 17.7 Å². The molecule has 1 fully saturated rings. The Bertz CT molecular complexity index is 461. The minimum absolute atomic E-state index is 0.0520. The molecule has 0 bridgehead atoms. The third-order valence-corrected chi connectivity index (χ3v) is 4.26. The lowest BCUT2D eigenvalue weighted by atomic mass is 10.1. The van der Waals surface area contributed by atoms with E-state index in [1.54, 1.807) is 4.90 Å². The first-order valence-electron chi connectivity index (χ1n) is 5.90. The Morgan fingerprint density at radius 2 is 2.39 bits per heavy atom. The van der Waals surface area contributed by atoms with Gasteiger partial charge in [-0.2, -0.15) is 0 Å². The second-order valence-corrected chi connectivity index (χ2v) is 6.06. The normalized spacial score (nSPS) is 19.3. The van der Waals surface area contributed by atoms with Crippen LogP contribution in [0.3, 0.4) is 0 Å². The van der Waals surface area contributed by atoms with Gasteiger partial charge < -0.3 is 10.2 Å². The Morgan fingerprint density at radius 1 is 1.61 bits per heavy atom. The largest absolute Gasteiger partial charge is 0.351 e. The van der Waals surface area contributed by atoms with Crippen LogP contribution in [-0.2, 0) is 16.1 Å². The molecule has 1 N–H and O–H groups in total. The molecule has 1 aliphatic heterocycles. The third kappa shape index (κ3) is 3.03. The summed E-state index contributed by atoms with van der Waals surface area (Å²) in [4.78, 5) is 26.2. The highest BCUT2D eigenvalue weighted by molar-refractivity contribution is 7.16. The molecule has 98 valence electrons. The van der Waals surface area contributed by atoms with Gasteiger partial charge in [0.1, 0.15) is 0 Å². The summed E-state index contributed by atoms with van der Waals surface area (Å²) in [6, 6.07) is 3.71. The number of carbonyl (C=O) groups is 2. The molecule has 4 nitrogen and oxygen atoms in total. The average Bonchev–Trinajstić information content (AvgIpc) is 2.92. The van der Waals surface area contributed by atoms with Crippen LogP contribution in [0.25, 0.3) is 0 Å². The van der Waals surface area contributed by atoms with Crippen LogP contribution in [0, 0.1) is 5.92 Å². The molecule has 2 heterocycles. The van der Waals surface area contributed by atoms with Crippen molar-refractivity contribution in [3.63, 3.8) is 0 Å². The first-order valence-corrected chi connectivity index (χ1v) is 7.09. The number of hydrogen-bond donors (Lipinski definition) is 1. The Balaban J connectivity index is 1.84. The Hall–Kier alpha value is -1.07. The molecule has 1 aliphatic rings. The van der Waals surface area contributed by atoms with E-state index in [1.165, 1.54) is 11.3 Å². The van der Waals surface area contributed by atoms with Gasteiger partial charge >= 0.3 is 0 Å². The van der Waals surface area contributed by atoms with E-state index in [1.807, 2.05) is 19.1 Å². The zero-order valence-electron chi connectivity index (χ0n) is 10.1. The van der Waals surface area contributed by atoms with E-state index in [0.29, 0.717) is 30.4 Å². The van der Waals surface area contributed by atoms with Gasteiger partial charge in [-0.05, 0) is 19.1 Å². The van der Waals surface area contributed by atoms with Gasteiger partial charge in [0.15, 0.2) is 0 Å². The Morgan fingerprint density at radius 3 is 2.94 bits per heavy atom. The van der Waals surface area contributed by atoms with Gasteiger partial charge in [0.2, 0.25) is 11.8 Å². The van der Waals surface area contributed by atoms with Crippen molar-refractivity contribution in [2.75, 3.05) is 13.1 Å². The molecule has 0 saturated carbocycles. The molecular weight excluding hydrogens is 272 g/mol. The van der Waals surface area contributed by atoms with Gasteiger partial charge in [0.05, 0.1) is 16.8 Å². The van der Waals surface area contributed by atoms with E-state index in [4.69, 9.17) is 11.6 Å². The van der Waals surface area contributed by atoms with Crippen LogP contribution < -0.4 is 5.32 Å².